The van der Waals surface area contributed by atoms with E-state index in [0.29, 0.717) is 0 Å². The van der Waals surface area contributed by atoms with Crippen molar-refractivity contribution in [2.24, 2.45) is 5.10 Å². The van der Waals surface area contributed by atoms with Crippen LogP contribution < -0.4 is 10.3 Å². The second-order valence-corrected chi connectivity index (χ2v) is 6.18. The first-order chi connectivity index (χ1) is 10.3. The van der Waals surface area contributed by atoms with Crippen LogP contribution in [0, 0.1) is 0 Å². The summed E-state index contributed by atoms with van der Waals surface area (Å²) in [5.41, 5.74) is 3.91. The summed E-state index contributed by atoms with van der Waals surface area (Å²) >= 11 is 7.58. The molecule has 2 aromatic rings. The molecule has 1 aromatic carbocycles. The van der Waals surface area contributed by atoms with Gasteiger partial charge in [-0.05, 0) is 36.4 Å². The van der Waals surface area contributed by atoms with Crippen LogP contribution in [0.5, 0.6) is 0 Å². The molecule has 6 heteroatoms. The minimum atomic E-state index is 0.720. The molecule has 0 atom stereocenters. The Kier molecular flexibility index (Phi) is 4.75. The van der Waals surface area contributed by atoms with E-state index in [2.05, 4.69) is 27.6 Å². The number of anilines is 2. The van der Waals surface area contributed by atoms with E-state index >= 15 is 0 Å². The van der Waals surface area contributed by atoms with E-state index in [0.717, 1.165) is 41.9 Å². The van der Waals surface area contributed by atoms with Gasteiger partial charge in [0.15, 0.2) is 0 Å². The quantitative estimate of drug-likeness (QED) is 0.689. The van der Waals surface area contributed by atoms with Crippen LogP contribution in [0.1, 0.15) is 4.88 Å². The Morgan fingerprint density at radius 1 is 1.14 bits per heavy atom. The monoisotopic (exact) mass is 321 g/mol. The standard InChI is InChI=1S/C15H16ClN3OS/c16-12-1-3-13(4-2-12)18-17-11-14-5-6-15(21-14)19-7-9-20-10-8-19/h1-6,11,18H,7-10H2/b17-11-. The molecule has 1 aromatic heterocycles. The zero-order chi connectivity index (χ0) is 14.5. The number of rotatable bonds is 4. The number of morpholine rings is 1. The highest BCUT2D eigenvalue weighted by atomic mass is 35.5. The van der Waals surface area contributed by atoms with Crippen LogP contribution in [-0.4, -0.2) is 32.5 Å². The van der Waals surface area contributed by atoms with Gasteiger partial charge in [0.2, 0.25) is 0 Å². The third kappa shape index (κ3) is 3.97. The van der Waals surface area contributed by atoms with Crippen LogP contribution in [0.25, 0.3) is 0 Å². The normalized spacial score (nSPS) is 15.6. The molecule has 4 nitrogen and oxygen atoms in total. The van der Waals surface area contributed by atoms with Gasteiger partial charge >= 0.3 is 0 Å². The smallest absolute Gasteiger partial charge is 0.0916 e. The number of nitrogens with zero attached hydrogens (tertiary/aromatic N) is 2. The van der Waals surface area contributed by atoms with E-state index in [4.69, 9.17) is 16.3 Å². The second kappa shape index (κ2) is 6.93. The Bertz CT molecular complexity index is 606. The molecule has 1 fully saturated rings. The van der Waals surface area contributed by atoms with Crippen molar-refractivity contribution < 1.29 is 4.74 Å². The number of hydrazone groups is 1. The lowest BCUT2D eigenvalue weighted by atomic mass is 10.3. The van der Waals surface area contributed by atoms with Gasteiger partial charge in [0.25, 0.3) is 0 Å². The van der Waals surface area contributed by atoms with Gasteiger partial charge in [-0.25, -0.2) is 0 Å². The van der Waals surface area contributed by atoms with Crippen LogP contribution in [0.2, 0.25) is 5.02 Å². The first-order valence-corrected chi connectivity index (χ1v) is 7.98. The highest BCUT2D eigenvalue weighted by molar-refractivity contribution is 7.17. The topological polar surface area (TPSA) is 36.9 Å². The van der Waals surface area contributed by atoms with Crippen LogP contribution >= 0.6 is 22.9 Å². The molecular formula is C15H16ClN3OS. The molecule has 0 aliphatic carbocycles. The summed E-state index contributed by atoms with van der Waals surface area (Å²) in [6.07, 6.45) is 1.84. The highest BCUT2D eigenvalue weighted by Gasteiger charge is 2.12. The molecule has 110 valence electrons. The van der Waals surface area contributed by atoms with E-state index < -0.39 is 0 Å². The summed E-state index contributed by atoms with van der Waals surface area (Å²) in [6, 6.07) is 11.7. The molecule has 21 heavy (non-hydrogen) atoms. The van der Waals surface area contributed by atoms with Crippen molar-refractivity contribution in [3.05, 3.63) is 46.3 Å². The summed E-state index contributed by atoms with van der Waals surface area (Å²) in [7, 11) is 0. The minimum absolute atomic E-state index is 0.720. The number of hydrogen-bond donors (Lipinski definition) is 1. The van der Waals surface area contributed by atoms with Crippen LogP contribution in [0.15, 0.2) is 41.5 Å². The van der Waals surface area contributed by atoms with Crippen molar-refractivity contribution >= 4 is 39.8 Å². The molecule has 0 unspecified atom stereocenters. The Balaban J connectivity index is 1.58. The number of halogens is 1. The largest absolute Gasteiger partial charge is 0.378 e. The van der Waals surface area contributed by atoms with Gasteiger partial charge in [-0.2, -0.15) is 5.10 Å². The van der Waals surface area contributed by atoms with Gasteiger partial charge in [0.05, 0.1) is 30.1 Å². The summed E-state index contributed by atoms with van der Waals surface area (Å²) in [4.78, 5) is 3.47. The summed E-state index contributed by atoms with van der Waals surface area (Å²) in [6.45, 7) is 3.53. The van der Waals surface area contributed by atoms with Crippen molar-refractivity contribution in [3.8, 4) is 0 Å². The van der Waals surface area contributed by atoms with Gasteiger partial charge in [0.1, 0.15) is 0 Å². The molecule has 2 heterocycles. The lowest BCUT2D eigenvalue weighted by Crippen LogP contribution is -2.35. The Labute approximate surface area is 133 Å². The molecule has 0 saturated carbocycles. The van der Waals surface area contributed by atoms with E-state index in [9.17, 15) is 0 Å². The van der Waals surface area contributed by atoms with Crippen LogP contribution in [0.4, 0.5) is 10.7 Å². The van der Waals surface area contributed by atoms with Crippen LogP contribution in [-0.2, 0) is 4.74 Å². The van der Waals surface area contributed by atoms with E-state index in [1.807, 2.05) is 30.5 Å². The second-order valence-electron chi connectivity index (χ2n) is 4.65. The molecule has 1 saturated heterocycles. The average molecular weight is 322 g/mol. The summed E-state index contributed by atoms with van der Waals surface area (Å²) in [5, 5.41) is 6.24. The van der Waals surface area contributed by atoms with Crippen molar-refractivity contribution in [1.82, 2.24) is 0 Å². The van der Waals surface area contributed by atoms with E-state index in [1.165, 1.54) is 5.00 Å². The molecule has 3 rings (SSSR count). The molecule has 0 spiro atoms. The maximum absolute atomic E-state index is 5.84. The predicted octanol–water partition coefficient (Wildman–Crippen LogP) is 3.68. The lowest BCUT2D eigenvalue weighted by molar-refractivity contribution is 0.123. The van der Waals surface area contributed by atoms with Crippen LogP contribution in [0.3, 0.4) is 0 Å². The third-order valence-corrected chi connectivity index (χ3v) is 4.50. The minimum Gasteiger partial charge on any atom is -0.378 e. The summed E-state index contributed by atoms with van der Waals surface area (Å²) < 4.78 is 5.37. The van der Waals surface area contributed by atoms with Crippen molar-refractivity contribution in [2.75, 3.05) is 36.6 Å². The Morgan fingerprint density at radius 3 is 2.67 bits per heavy atom. The number of hydrogen-bond acceptors (Lipinski definition) is 5. The van der Waals surface area contributed by atoms with E-state index in [1.54, 1.807) is 11.3 Å². The predicted molar refractivity (Wildman–Crippen MR) is 90.0 cm³/mol. The summed E-state index contributed by atoms with van der Waals surface area (Å²) in [5.74, 6) is 0. The molecule has 1 N–H and O–H groups in total. The number of ether oxygens (including phenoxy) is 1. The van der Waals surface area contributed by atoms with Gasteiger partial charge in [0, 0.05) is 23.0 Å². The molecule has 1 aliphatic heterocycles. The molecule has 1 aliphatic rings. The molecule has 0 radical (unpaired) electrons. The van der Waals surface area contributed by atoms with Gasteiger partial charge in [-0.1, -0.05) is 11.6 Å². The van der Waals surface area contributed by atoms with E-state index in [-0.39, 0.29) is 0 Å². The molecule has 0 bridgehead atoms. The SMILES string of the molecule is Clc1ccc(N/N=C\c2ccc(N3CCOCC3)s2)cc1. The third-order valence-electron chi connectivity index (χ3n) is 3.17. The van der Waals surface area contributed by atoms with Crippen molar-refractivity contribution in [2.45, 2.75) is 0 Å². The maximum Gasteiger partial charge on any atom is 0.0916 e. The maximum atomic E-state index is 5.84. The Hall–Kier alpha value is -1.56. The number of thiophene rings is 1. The van der Waals surface area contributed by atoms with Crippen molar-refractivity contribution in [1.29, 1.82) is 0 Å². The zero-order valence-electron chi connectivity index (χ0n) is 11.5. The first kappa shape index (κ1) is 14.4. The lowest BCUT2D eigenvalue weighted by Gasteiger charge is -2.27. The van der Waals surface area contributed by atoms with Gasteiger partial charge in [-0.15, -0.1) is 11.3 Å². The highest BCUT2D eigenvalue weighted by Crippen LogP contribution is 2.25. The molecule has 0 amide bonds. The Morgan fingerprint density at radius 2 is 1.90 bits per heavy atom. The van der Waals surface area contributed by atoms with Crippen molar-refractivity contribution in [3.63, 3.8) is 0 Å². The fourth-order valence-corrected chi connectivity index (χ4v) is 3.12. The number of nitrogens with one attached hydrogen (secondary N) is 1. The fraction of sp³-hybridized carbons (Fsp3) is 0.267. The average Bonchev–Trinajstić information content (AvgIpc) is 2.99. The van der Waals surface area contributed by atoms with Gasteiger partial charge in [-0.3, -0.25) is 5.43 Å². The zero-order valence-corrected chi connectivity index (χ0v) is 13.0. The van der Waals surface area contributed by atoms with Gasteiger partial charge < -0.3 is 9.64 Å². The first-order valence-electron chi connectivity index (χ1n) is 6.78. The fourth-order valence-electron chi connectivity index (χ4n) is 2.06. The molecular weight excluding hydrogens is 306 g/mol. The number of benzene rings is 1.